The van der Waals surface area contributed by atoms with Gasteiger partial charge in [-0.1, -0.05) is 72.8 Å². The molecule has 0 aliphatic heterocycles. The smallest absolute Gasteiger partial charge is 0.389 e. The summed E-state index contributed by atoms with van der Waals surface area (Å²) in [6, 6.07) is 24.8. The van der Waals surface area contributed by atoms with E-state index in [2.05, 4.69) is 5.32 Å². The van der Waals surface area contributed by atoms with E-state index in [4.69, 9.17) is 4.74 Å². The van der Waals surface area contributed by atoms with Crippen LogP contribution < -0.4 is 5.32 Å². The van der Waals surface area contributed by atoms with Crippen molar-refractivity contribution in [3.8, 4) is 0 Å². The van der Waals surface area contributed by atoms with Gasteiger partial charge in [0.2, 0.25) is 0 Å². The van der Waals surface area contributed by atoms with Crippen molar-refractivity contribution in [2.24, 2.45) is 0 Å². The second kappa shape index (κ2) is 11.1. The summed E-state index contributed by atoms with van der Waals surface area (Å²) in [6.45, 7) is 1.03. The first-order chi connectivity index (χ1) is 14.9. The number of benzene rings is 3. The fourth-order valence-electron chi connectivity index (χ4n) is 3.27. The topological polar surface area (TPSA) is 41.5 Å². The highest BCUT2D eigenvalue weighted by Gasteiger charge is 2.29. The van der Waals surface area contributed by atoms with Gasteiger partial charge in [-0.25, -0.2) is 0 Å². The number of aliphatic hydroxyl groups is 1. The van der Waals surface area contributed by atoms with E-state index >= 15 is 0 Å². The summed E-state index contributed by atoms with van der Waals surface area (Å²) in [6.07, 6.45) is -4.73. The number of hydrogen-bond donors (Lipinski definition) is 2. The Morgan fingerprint density at radius 3 is 1.87 bits per heavy atom. The summed E-state index contributed by atoms with van der Waals surface area (Å²) in [5, 5.41) is 13.4. The van der Waals surface area contributed by atoms with Crippen LogP contribution in [0.1, 0.15) is 28.4 Å². The van der Waals surface area contributed by atoms with E-state index in [0.717, 1.165) is 28.8 Å². The molecule has 3 rings (SSSR count). The lowest BCUT2D eigenvalue weighted by molar-refractivity contribution is -0.137. The molecule has 164 valence electrons. The Balaban J connectivity index is 1.45. The van der Waals surface area contributed by atoms with Gasteiger partial charge < -0.3 is 15.2 Å². The molecule has 3 aromatic carbocycles. The van der Waals surface area contributed by atoms with E-state index in [1.54, 1.807) is 0 Å². The summed E-state index contributed by atoms with van der Waals surface area (Å²) in [5.41, 5.74) is 2.18. The molecule has 3 aromatic rings. The molecule has 2 N–H and O–H groups in total. The van der Waals surface area contributed by atoms with E-state index in [0.29, 0.717) is 19.5 Å². The Bertz CT molecular complexity index is 860. The van der Waals surface area contributed by atoms with Crippen LogP contribution in [-0.2, 0) is 17.3 Å². The molecule has 31 heavy (non-hydrogen) atoms. The molecule has 6 heteroatoms. The van der Waals surface area contributed by atoms with Crippen LogP contribution in [0.3, 0.4) is 0 Å². The lowest BCUT2D eigenvalue weighted by Gasteiger charge is -2.21. The number of hydrogen-bond acceptors (Lipinski definition) is 3. The van der Waals surface area contributed by atoms with Gasteiger partial charge in [-0.15, -0.1) is 0 Å². The van der Waals surface area contributed by atoms with Crippen LogP contribution in [0.25, 0.3) is 0 Å². The number of halogens is 3. The van der Waals surface area contributed by atoms with Gasteiger partial charge in [-0.3, -0.25) is 0 Å². The Labute approximate surface area is 180 Å². The molecule has 0 bridgehead atoms. The molecule has 0 aromatic heterocycles. The van der Waals surface area contributed by atoms with Crippen LogP contribution in [0.4, 0.5) is 13.2 Å². The van der Waals surface area contributed by atoms with Crippen molar-refractivity contribution in [1.82, 2.24) is 5.32 Å². The van der Waals surface area contributed by atoms with Crippen molar-refractivity contribution in [2.45, 2.75) is 24.8 Å². The highest BCUT2D eigenvalue weighted by molar-refractivity contribution is 5.30. The monoisotopic (exact) mass is 429 g/mol. The van der Waals surface area contributed by atoms with Gasteiger partial charge in [0.15, 0.2) is 0 Å². The second-order valence-corrected chi connectivity index (χ2v) is 7.34. The zero-order valence-corrected chi connectivity index (χ0v) is 17.1. The van der Waals surface area contributed by atoms with Gasteiger partial charge in [-0.2, -0.15) is 13.2 Å². The number of aliphatic hydroxyl groups excluding tert-OH is 1. The Morgan fingerprint density at radius 1 is 0.806 bits per heavy atom. The van der Waals surface area contributed by atoms with E-state index in [1.807, 2.05) is 60.7 Å². The zero-order valence-electron chi connectivity index (χ0n) is 17.1. The van der Waals surface area contributed by atoms with Crippen LogP contribution in [0.15, 0.2) is 84.9 Å². The maximum atomic E-state index is 12.6. The van der Waals surface area contributed by atoms with Gasteiger partial charge in [0, 0.05) is 6.54 Å². The molecule has 0 amide bonds. The maximum absolute atomic E-state index is 12.6. The lowest BCUT2D eigenvalue weighted by atomic mass is 10.0. The summed E-state index contributed by atoms with van der Waals surface area (Å²) in [4.78, 5) is 0. The molecule has 0 saturated heterocycles. The van der Waals surface area contributed by atoms with Gasteiger partial charge in [0.05, 0.1) is 18.3 Å². The highest BCUT2D eigenvalue weighted by atomic mass is 19.4. The van der Waals surface area contributed by atoms with Crippen LogP contribution in [0, 0.1) is 0 Å². The van der Waals surface area contributed by atoms with Gasteiger partial charge in [-0.05, 0) is 41.8 Å². The average Bonchev–Trinajstić information content (AvgIpc) is 2.78. The first-order valence-electron chi connectivity index (χ1n) is 10.2. The normalized spacial score (nSPS) is 12.8. The molecule has 0 spiro atoms. The third-order valence-electron chi connectivity index (χ3n) is 4.91. The fraction of sp³-hybridized carbons (Fsp3) is 0.280. The Morgan fingerprint density at radius 2 is 1.35 bits per heavy atom. The Kier molecular flexibility index (Phi) is 8.23. The summed E-state index contributed by atoms with van der Waals surface area (Å²) < 4.78 is 43.9. The van der Waals surface area contributed by atoms with E-state index in [1.165, 1.54) is 12.1 Å². The molecule has 0 saturated carbocycles. The zero-order chi connectivity index (χ0) is 22.1. The van der Waals surface area contributed by atoms with Crippen molar-refractivity contribution >= 4 is 0 Å². The number of rotatable bonds is 10. The van der Waals surface area contributed by atoms with Crippen LogP contribution in [0.5, 0.6) is 0 Å². The van der Waals surface area contributed by atoms with E-state index in [-0.39, 0.29) is 12.7 Å². The summed E-state index contributed by atoms with van der Waals surface area (Å²) >= 11 is 0. The van der Waals surface area contributed by atoms with Crippen molar-refractivity contribution in [3.63, 3.8) is 0 Å². The molecular formula is C25H26F3NO2. The highest BCUT2D eigenvalue weighted by Crippen LogP contribution is 2.29. The van der Waals surface area contributed by atoms with Crippen LogP contribution >= 0.6 is 0 Å². The standard InChI is InChI=1S/C25H26F3NO2/c26-25(27,28)22-13-11-19(12-14-22)15-16-29-17-23(30)18-31-24(20-7-3-1-4-8-20)21-9-5-2-6-10-21/h1-14,23-24,29-30H,15-18H2/t23-/m0/s1. The van der Waals surface area contributed by atoms with Crippen molar-refractivity contribution in [2.75, 3.05) is 19.7 Å². The molecule has 0 fully saturated rings. The van der Waals surface area contributed by atoms with Crippen molar-refractivity contribution in [3.05, 3.63) is 107 Å². The minimum atomic E-state index is -4.32. The summed E-state index contributed by atoms with van der Waals surface area (Å²) in [7, 11) is 0. The maximum Gasteiger partial charge on any atom is 0.416 e. The first-order valence-corrected chi connectivity index (χ1v) is 10.2. The number of nitrogens with one attached hydrogen (secondary N) is 1. The lowest BCUT2D eigenvalue weighted by Crippen LogP contribution is -2.32. The van der Waals surface area contributed by atoms with E-state index < -0.39 is 17.8 Å². The van der Waals surface area contributed by atoms with Crippen LogP contribution in [0.2, 0.25) is 0 Å². The summed E-state index contributed by atoms with van der Waals surface area (Å²) in [5.74, 6) is 0. The molecule has 0 aliphatic carbocycles. The molecule has 0 aliphatic rings. The number of alkyl halides is 3. The predicted molar refractivity (Wildman–Crippen MR) is 115 cm³/mol. The third-order valence-corrected chi connectivity index (χ3v) is 4.91. The third kappa shape index (κ3) is 7.21. The predicted octanol–water partition coefficient (Wildman–Crippen LogP) is 5.00. The molecule has 0 unspecified atom stereocenters. The second-order valence-electron chi connectivity index (χ2n) is 7.34. The molecule has 1 atom stereocenters. The van der Waals surface area contributed by atoms with Gasteiger partial charge >= 0.3 is 6.18 Å². The van der Waals surface area contributed by atoms with Crippen molar-refractivity contribution in [1.29, 1.82) is 0 Å². The minimum Gasteiger partial charge on any atom is -0.389 e. The van der Waals surface area contributed by atoms with Crippen LogP contribution in [-0.4, -0.2) is 30.9 Å². The number of ether oxygens (including phenoxy) is 1. The average molecular weight is 429 g/mol. The van der Waals surface area contributed by atoms with Crippen molar-refractivity contribution < 1.29 is 23.0 Å². The Hall–Kier alpha value is -2.67. The minimum absolute atomic E-state index is 0.154. The van der Waals surface area contributed by atoms with Gasteiger partial charge in [0.1, 0.15) is 6.10 Å². The molecular weight excluding hydrogens is 403 g/mol. The molecule has 0 heterocycles. The SMILES string of the molecule is O[C@@H](CNCCc1ccc(C(F)(F)F)cc1)COC(c1ccccc1)c1ccccc1. The largest absolute Gasteiger partial charge is 0.416 e. The molecule has 3 nitrogen and oxygen atoms in total. The first kappa shape index (κ1) is 23.0. The van der Waals surface area contributed by atoms with E-state index in [9.17, 15) is 18.3 Å². The quantitative estimate of drug-likeness (QED) is 0.446. The van der Waals surface area contributed by atoms with Gasteiger partial charge in [0.25, 0.3) is 0 Å². The molecule has 0 radical (unpaired) electrons. The fourth-order valence-corrected chi connectivity index (χ4v) is 3.27.